The summed E-state index contributed by atoms with van der Waals surface area (Å²) in [7, 11) is 0. The summed E-state index contributed by atoms with van der Waals surface area (Å²) in [6.45, 7) is 4.36. The van der Waals surface area contributed by atoms with Gasteiger partial charge in [0.25, 0.3) is 0 Å². The molecule has 0 atom stereocenters. The Morgan fingerprint density at radius 2 is 1.87 bits per heavy atom. The van der Waals surface area contributed by atoms with Gasteiger partial charge in [-0.3, -0.25) is 4.98 Å². The molecule has 0 radical (unpaired) electrons. The highest BCUT2D eigenvalue weighted by Crippen LogP contribution is 2.31. The Morgan fingerprint density at radius 1 is 1.05 bits per heavy atom. The number of ether oxygens (including phenoxy) is 1. The van der Waals surface area contributed by atoms with Crippen molar-refractivity contribution in [2.24, 2.45) is 11.0 Å². The van der Waals surface area contributed by atoms with Gasteiger partial charge in [0.05, 0.1) is 43.2 Å². The van der Waals surface area contributed by atoms with Crippen LogP contribution in [-0.4, -0.2) is 72.3 Å². The molecule has 1 aromatic carbocycles. The first-order valence-electron chi connectivity index (χ1n) is 13.1. The smallest absolute Gasteiger partial charge is 0.245 e. The summed E-state index contributed by atoms with van der Waals surface area (Å²) >= 11 is 6.43. The van der Waals surface area contributed by atoms with E-state index in [2.05, 4.69) is 41.8 Å². The Hall–Kier alpha value is -3.54. The highest BCUT2D eigenvalue weighted by Gasteiger charge is 2.20. The Bertz CT molecular complexity index is 1270. The van der Waals surface area contributed by atoms with Crippen LogP contribution in [-0.2, 0) is 4.74 Å². The lowest BCUT2D eigenvalue weighted by Gasteiger charge is -2.33. The van der Waals surface area contributed by atoms with Crippen molar-refractivity contribution in [3.05, 3.63) is 59.3 Å². The number of aromatic nitrogens is 3. The topological polar surface area (TPSA) is 111 Å². The molecule has 3 aromatic rings. The predicted octanol–water partition coefficient (Wildman–Crippen LogP) is 4.29. The number of hydrogen-bond donors (Lipinski definition) is 3. The van der Waals surface area contributed by atoms with Gasteiger partial charge >= 0.3 is 0 Å². The number of piperidine rings is 1. The first-order chi connectivity index (χ1) is 19.1. The van der Waals surface area contributed by atoms with Gasteiger partial charge in [-0.15, -0.1) is 0 Å². The van der Waals surface area contributed by atoms with E-state index in [0.29, 0.717) is 42.9 Å². The second-order valence-electron chi connectivity index (χ2n) is 9.57. The molecule has 0 aliphatic carbocycles. The molecule has 5 rings (SSSR count). The van der Waals surface area contributed by atoms with Crippen molar-refractivity contribution in [2.75, 3.05) is 66.5 Å². The molecule has 2 aromatic heterocycles. The van der Waals surface area contributed by atoms with Crippen LogP contribution in [0.5, 0.6) is 0 Å². The molecule has 3 N–H and O–H groups in total. The van der Waals surface area contributed by atoms with Gasteiger partial charge in [-0.25, -0.2) is 14.8 Å². The van der Waals surface area contributed by atoms with E-state index in [-0.39, 0.29) is 18.4 Å². The third-order valence-corrected chi connectivity index (χ3v) is 7.09. The summed E-state index contributed by atoms with van der Waals surface area (Å²) in [5.41, 5.74) is 6.14. The van der Waals surface area contributed by atoms with Crippen LogP contribution in [0.2, 0.25) is 5.02 Å². The van der Waals surface area contributed by atoms with Crippen LogP contribution in [0.3, 0.4) is 0 Å². The van der Waals surface area contributed by atoms with E-state index in [1.807, 2.05) is 29.2 Å². The number of aliphatic hydroxyl groups is 1. The van der Waals surface area contributed by atoms with Crippen LogP contribution in [0.25, 0.3) is 0 Å². The summed E-state index contributed by atoms with van der Waals surface area (Å²) in [5.74, 6) is 0.532. The molecule has 0 spiro atoms. The van der Waals surface area contributed by atoms with Crippen LogP contribution in [0.4, 0.5) is 33.2 Å². The molecule has 10 nitrogen and oxygen atoms in total. The fourth-order valence-electron chi connectivity index (χ4n) is 4.78. The van der Waals surface area contributed by atoms with E-state index in [4.69, 9.17) is 16.3 Å². The number of aliphatic hydroxyl groups excluding tert-OH is 1. The summed E-state index contributed by atoms with van der Waals surface area (Å²) in [5, 5.41) is 17.4. The molecule has 12 heteroatoms. The largest absolute Gasteiger partial charge is 0.396 e. The molecule has 0 unspecified atom stereocenters. The number of hydrazone groups is 1. The zero-order valence-corrected chi connectivity index (χ0v) is 22.3. The zero-order valence-electron chi connectivity index (χ0n) is 21.6. The lowest BCUT2D eigenvalue weighted by molar-refractivity contribution is 0.122. The predicted molar refractivity (Wildman–Crippen MR) is 152 cm³/mol. The van der Waals surface area contributed by atoms with Crippen LogP contribution in [0.15, 0.2) is 47.8 Å². The van der Waals surface area contributed by atoms with Crippen molar-refractivity contribution < 1.29 is 14.2 Å². The Kier molecular flexibility index (Phi) is 9.02. The number of rotatable bonds is 9. The minimum atomic E-state index is -0.481. The first-order valence-corrected chi connectivity index (χ1v) is 13.5. The normalized spacial score (nSPS) is 16.6. The highest BCUT2D eigenvalue weighted by molar-refractivity contribution is 6.31. The molecular weight excluding hydrogens is 523 g/mol. The van der Waals surface area contributed by atoms with Crippen molar-refractivity contribution in [2.45, 2.75) is 19.3 Å². The minimum absolute atomic E-state index is 0.196. The van der Waals surface area contributed by atoms with Crippen LogP contribution >= 0.6 is 11.6 Å². The van der Waals surface area contributed by atoms with E-state index in [0.717, 1.165) is 55.6 Å². The van der Waals surface area contributed by atoms with Gasteiger partial charge in [0.1, 0.15) is 0 Å². The molecular formula is C27H32ClFN8O2. The third kappa shape index (κ3) is 7.31. The van der Waals surface area contributed by atoms with Gasteiger partial charge in [0, 0.05) is 49.2 Å². The standard InChI is InChI=1S/C27H32ClFN8O2/c28-20-13-23(15-24(14-20)36-6-3-19(4-7-36)5-10-38)33-22-2-1-21(30-16-22)17-32-35-27-31-18-25(29)26(34-27)37-8-11-39-12-9-37/h1-2,13-19,33,38H,3-12H2,(H,31,34,35)/b32-17+. The SMILES string of the molecule is OCCC1CCN(c2cc(Cl)cc(Nc3ccc(/C=N/Nc4ncc(F)c(N5CCOCC5)n4)nc3)c2)CC1. The van der Waals surface area contributed by atoms with Crippen LogP contribution in [0.1, 0.15) is 25.0 Å². The fraction of sp³-hybridized carbons (Fsp3) is 0.407. The number of hydrogen-bond acceptors (Lipinski definition) is 10. The van der Waals surface area contributed by atoms with Crippen molar-refractivity contribution in [3.63, 3.8) is 0 Å². The van der Waals surface area contributed by atoms with Crippen molar-refractivity contribution in [3.8, 4) is 0 Å². The average molecular weight is 555 g/mol. The summed E-state index contributed by atoms with van der Waals surface area (Å²) in [6.07, 6.45) is 7.40. The quantitative estimate of drug-likeness (QED) is 0.263. The Labute approximate surface area is 231 Å². The van der Waals surface area contributed by atoms with E-state index in [1.165, 1.54) is 0 Å². The monoisotopic (exact) mass is 554 g/mol. The molecule has 2 saturated heterocycles. The number of nitrogens with one attached hydrogen (secondary N) is 2. The van der Waals surface area contributed by atoms with Crippen LogP contribution < -0.4 is 20.5 Å². The molecule has 39 heavy (non-hydrogen) atoms. The molecule has 0 bridgehead atoms. The van der Waals surface area contributed by atoms with E-state index in [9.17, 15) is 9.50 Å². The number of morpholine rings is 1. The van der Waals surface area contributed by atoms with Crippen molar-refractivity contribution >= 4 is 46.6 Å². The average Bonchev–Trinajstić information content (AvgIpc) is 2.96. The second-order valence-corrected chi connectivity index (χ2v) is 10.0. The second kappa shape index (κ2) is 13.0. The molecule has 4 heterocycles. The maximum absolute atomic E-state index is 14.2. The highest BCUT2D eigenvalue weighted by atomic mass is 35.5. The summed E-state index contributed by atoms with van der Waals surface area (Å²) < 4.78 is 19.5. The lowest BCUT2D eigenvalue weighted by atomic mass is 9.93. The molecule has 2 aliphatic rings. The number of pyridine rings is 1. The first kappa shape index (κ1) is 27.0. The Morgan fingerprint density at radius 3 is 2.62 bits per heavy atom. The number of anilines is 5. The molecule has 2 fully saturated rings. The van der Waals surface area contributed by atoms with Gasteiger partial charge in [0.15, 0.2) is 11.6 Å². The van der Waals surface area contributed by atoms with E-state index >= 15 is 0 Å². The summed E-state index contributed by atoms with van der Waals surface area (Å²) in [4.78, 5) is 16.8. The minimum Gasteiger partial charge on any atom is -0.396 e. The van der Waals surface area contributed by atoms with E-state index < -0.39 is 5.82 Å². The van der Waals surface area contributed by atoms with Gasteiger partial charge in [-0.1, -0.05) is 11.6 Å². The maximum Gasteiger partial charge on any atom is 0.245 e. The summed E-state index contributed by atoms with van der Waals surface area (Å²) in [6, 6.07) is 9.69. The van der Waals surface area contributed by atoms with Gasteiger partial charge in [-0.2, -0.15) is 10.1 Å². The van der Waals surface area contributed by atoms with Crippen molar-refractivity contribution in [1.82, 2.24) is 15.0 Å². The molecule has 0 amide bonds. The van der Waals surface area contributed by atoms with Crippen LogP contribution in [0, 0.1) is 11.7 Å². The van der Waals surface area contributed by atoms with E-state index in [1.54, 1.807) is 12.4 Å². The van der Waals surface area contributed by atoms with Crippen molar-refractivity contribution in [1.29, 1.82) is 0 Å². The Balaban J connectivity index is 1.17. The zero-order chi connectivity index (χ0) is 27.0. The number of nitrogens with zero attached hydrogens (tertiary/aromatic N) is 6. The molecule has 206 valence electrons. The number of halogens is 2. The van der Waals surface area contributed by atoms with Gasteiger partial charge in [-0.05, 0) is 55.5 Å². The third-order valence-electron chi connectivity index (χ3n) is 6.87. The van der Waals surface area contributed by atoms with Gasteiger partial charge in [0.2, 0.25) is 5.95 Å². The lowest BCUT2D eigenvalue weighted by Crippen LogP contribution is -2.37. The number of benzene rings is 1. The maximum atomic E-state index is 14.2. The molecule has 0 saturated carbocycles. The fourth-order valence-corrected chi connectivity index (χ4v) is 5.01. The van der Waals surface area contributed by atoms with Gasteiger partial charge < -0.3 is 25.0 Å². The molecule has 2 aliphatic heterocycles.